The smallest absolute Gasteiger partial charge is 0.260 e. The molecule has 1 amide bonds. The van der Waals surface area contributed by atoms with Crippen LogP contribution >= 0.6 is 0 Å². The lowest BCUT2D eigenvalue weighted by atomic mass is 9.74. The number of hydrogen-bond acceptors (Lipinski definition) is 4. The number of aryl methyl sites for hydroxylation is 1. The Morgan fingerprint density at radius 3 is 2.64 bits per heavy atom. The van der Waals surface area contributed by atoms with Crippen molar-refractivity contribution < 1.29 is 14.3 Å². The van der Waals surface area contributed by atoms with Crippen LogP contribution in [0.25, 0.3) is 0 Å². The summed E-state index contributed by atoms with van der Waals surface area (Å²) in [6.07, 6.45) is 6.21. The molecule has 0 radical (unpaired) electrons. The van der Waals surface area contributed by atoms with Gasteiger partial charge in [0.1, 0.15) is 11.5 Å². The van der Waals surface area contributed by atoms with E-state index in [4.69, 9.17) is 9.47 Å². The molecule has 0 bridgehead atoms. The molecular weight excluding hydrogens is 412 g/mol. The monoisotopic (exact) mass is 450 g/mol. The van der Waals surface area contributed by atoms with Gasteiger partial charge in [0.2, 0.25) is 0 Å². The molecule has 0 aliphatic carbocycles. The van der Waals surface area contributed by atoms with Crippen LogP contribution in [0.2, 0.25) is 0 Å². The molecule has 2 aliphatic rings. The molecular formula is C28H38N2O3. The molecule has 0 aromatic heterocycles. The summed E-state index contributed by atoms with van der Waals surface area (Å²) in [5.41, 5.74) is 2.63. The highest BCUT2D eigenvalue weighted by molar-refractivity contribution is 5.80. The number of nitrogens with zero attached hydrogens (tertiary/aromatic N) is 1. The van der Waals surface area contributed by atoms with Crippen molar-refractivity contribution in [2.24, 2.45) is 5.41 Å². The second-order valence-corrected chi connectivity index (χ2v) is 9.61. The molecule has 1 saturated heterocycles. The van der Waals surface area contributed by atoms with Gasteiger partial charge in [-0.3, -0.25) is 9.69 Å². The highest BCUT2D eigenvalue weighted by Gasteiger charge is 2.35. The van der Waals surface area contributed by atoms with Gasteiger partial charge in [0, 0.05) is 18.7 Å². The van der Waals surface area contributed by atoms with Gasteiger partial charge < -0.3 is 14.8 Å². The van der Waals surface area contributed by atoms with E-state index >= 15 is 0 Å². The van der Waals surface area contributed by atoms with E-state index in [1.807, 2.05) is 32.0 Å². The Kier molecular flexibility index (Phi) is 7.92. The first-order valence-electron chi connectivity index (χ1n) is 12.5. The molecule has 5 nitrogen and oxygen atoms in total. The molecule has 178 valence electrons. The number of hydrogen-bond donors (Lipinski definition) is 1. The topological polar surface area (TPSA) is 50.8 Å². The van der Waals surface area contributed by atoms with Gasteiger partial charge >= 0.3 is 0 Å². The third-order valence-electron chi connectivity index (χ3n) is 7.27. The Morgan fingerprint density at radius 2 is 1.82 bits per heavy atom. The van der Waals surface area contributed by atoms with Crippen molar-refractivity contribution in [2.45, 2.75) is 65.0 Å². The average molecular weight is 451 g/mol. The molecule has 5 heteroatoms. The fraction of sp³-hybridized carbons (Fsp3) is 0.536. The van der Waals surface area contributed by atoms with Crippen LogP contribution in [0.3, 0.4) is 0 Å². The van der Waals surface area contributed by atoms with Crippen LogP contribution < -0.4 is 14.8 Å². The minimum Gasteiger partial charge on any atom is -0.494 e. The molecule has 1 spiro atoms. The number of nitrogens with one attached hydrogen (secondary N) is 1. The van der Waals surface area contributed by atoms with E-state index in [0.717, 1.165) is 69.8 Å². The van der Waals surface area contributed by atoms with E-state index in [9.17, 15) is 4.79 Å². The summed E-state index contributed by atoms with van der Waals surface area (Å²) < 4.78 is 11.9. The normalized spacial score (nSPS) is 21.8. The molecule has 0 saturated carbocycles. The minimum absolute atomic E-state index is 0.0159. The highest BCUT2D eigenvalue weighted by atomic mass is 16.5. The molecule has 33 heavy (non-hydrogen) atoms. The third kappa shape index (κ3) is 6.08. The summed E-state index contributed by atoms with van der Waals surface area (Å²) in [5, 5.41) is 3.23. The number of para-hydroxylation sites is 2. The van der Waals surface area contributed by atoms with Gasteiger partial charge in [-0.1, -0.05) is 42.8 Å². The quantitative estimate of drug-likeness (QED) is 0.714. The fourth-order valence-corrected chi connectivity index (χ4v) is 5.18. The number of carbonyl (C=O) groups excluding carboxylic acids is 1. The van der Waals surface area contributed by atoms with E-state index in [1.54, 1.807) is 0 Å². The van der Waals surface area contributed by atoms with Crippen molar-refractivity contribution in [3.05, 3.63) is 59.7 Å². The van der Waals surface area contributed by atoms with Crippen LogP contribution in [0.15, 0.2) is 48.5 Å². The van der Waals surface area contributed by atoms with E-state index in [-0.39, 0.29) is 11.3 Å². The maximum absolute atomic E-state index is 12.8. The fourth-order valence-electron chi connectivity index (χ4n) is 5.18. The summed E-state index contributed by atoms with van der Waals surface area (Å²) in [7, 11) is 0. The van der Waals surface area contributed by atoms with Gasteiger partial charge in [0.05, 0.1) is 6.61 Å². The molecule has 2 heterocycles. The number of amides is 1. The molecule has 4 rings (SSSR count). The Morgan fingerprint density at radius 1 is 1.06 bits per heavy atom. The first kappa shape index (κ1) is 23.6. The number of benzene rings is 2. The van der Waals surface area contributed by atoms with Gasteiger partial charge in [-0.05, 0) is 82.2 Å². The summed E-state index contributed by atoms with van der Waals surface area (Å²) in [6, 6.07) is 16.5. The summed E-state index contributed by atoms with van der Waals surface area (Å²) in [6.45, 7) is 8.32. The number of rotatable bonds is 4. The predicted molar refractivity (Wildman–Crippen MR) is 132 cm³/mol. The molecule has 1 N–H and O–H groups in total. The van der Waals surface area contributed by atoms with Crippen molar-refractivity contribution >= 4 is 5.91 Å². The van der Waals surface area contributed by atoms with Gasteiger partial charge in [-0.15, -0.1) is 0 Å². The lowest BCUT2D eigenvalue weighted by molar-refractivity contribution is -0.128. The molecule has 2 aliphatic heterocycles. The van der Waals surface area contributed by atoms with Crippen molar-refractivity contribution in [1.82, 2.24) is 10.2 Å². The van der Waals surface area contributed by atoms with Crippen LogP contribution in [0.1, 0.15) is 57.1 Å². The van der Waals surface area contributed by atoms with Crippen LogP contribution in [-0.4, -0.2) is 43.2 Å². The van der Waals surface area contributed by atoms with Crippen molar-refractivity contribution in [1.29, 1.82) is 0 Å². The average Bonchev–Trinajstić information content (AvgIpc) is 2.83. The maximum Gasteiger partial charge on any atom is 0.260 e. The predicted octanol–water partition coefficient (Wildman–Crippen LogP) is 4.98. The van der Waals surface area contributed by atoms with Gasteiger partial charge in [-0.2, -0.15) is 0 Å². The van der Waals surface area contributed by atoms with Crippen LogP contribution in [-0.2, 0) is 17.8 Å². The Labute approximate surface area is 198 Å². The van der Waals surface area contributed by atoms with E-state index in [0.29, 0.717) is 6.61 Å². The van der Waals surface area contributed by atoms with Gasteiger partial charge in [-0.25, -0.2) is 0 Å². The number of likely N-dealkylation sites (tertiary alicyclic amines) is 1. The zero-order chi connectivity index (χ0) is 23.1. The number of carbonyl (C=O) groups is 1. The molecule has 1 fully saturated rings. The zero-order valence-corrected chi connectivity index (χ0v) is 20.1. The van der Waals surface area contributed by atoms with Gasteiger partial charge in [0.25, 0.3) is 5.91 Å². The van der Waals surface area contributed by atoms with Crippen LogP contribution in [0, 0.1) is 5.41 Å². The first-order chi connectivity index (χ1) is 16.1. The van der Waals surface area contributed by atoms with Crippen molar-refractivity contribution in [2.75, 3.05) is 26.2 Å². The SMILES string of the molecule is CCOc1ccccc1CN1CCC2(CCCCc3ccccc3O[C@H](C)C(=O)NC2)CC1. The zero-order valence-electron chi connectivity index (χ0n) is 20.1. The number of ether oxygens (including phenoxy) is 2. The lowest BCUT2D eigenvalue weighted by Gasteiger charge is -2.42. The molecule has 0 unspecified atom stereocenters. The first-order valence-corrected chi connectivity index (χ1v) is 12.5. The summed E-state index contributed by atoms with van der Waals surface area (Å²) >= 11 is 0. The standard InChI is InChI=1S/C28H38N2O3/c1-3-32-25-13-6-5-12-24(25)20-30-18-16-28(17-19-30)15-9-8-11-23-10-4-7-14-26(23)33-22(2)27(31)29-21-28/h4-7,10,12-14,22H,3,8-9,11,15-21H2,1-2H3,(H,29,31)/t22-/m1/s1. The molecule has 2 aromatic carbocycles. The Hall–Kier alpha value is -2.53. The van der Waals surface area contributed by atoms with E-state index in [1.165, 1.54) is 17.5 Å². The van der Waals surface area contributed by atoms with Gasteiger partial charge in [0.15, 0.2) is 6.10 Å². The van der Waals surface area contributed by atoms with Crippen molar-refractivity contribution in [3.8, 4) is 11.5 Å². The molecule has 2 aromatic rings. The lowest BCUT2D eigenvalue weighted by Crippen LogP contribution is -2.48. The van der Waals surface area contributed by atoms with E-state index in [2.05, 4.69) is 40.5 Å². The van der Waals surface area contributed by atoms with Crippen LogP contribution in [0.5, 0.6) is 11.5 Å². The van der Waals surface area contributed by atoms with Crippen LogP contribution in [0.4, 0.5) is 0 Å². The minimum atomic E-state index is -0.488. The second kappa shape index (κ2) is 11.1. The third-order valence-corrected chi connectivity index (χ3v) is 7.27. The summed E-state index contributed by atoms with van der Waals surface area (Å²) in [4.78, 5) is 15.3. The number of piperidine rings is 1. The van der Waals surface area contributed by atoms with Crippen molar-refractivity contribution in [3.63, 3.8) is 0 Å². The van der Waals surface area contributed by atoms with E-state index < -0.39 is 6.10 Å². The summed E-state index contributed by atoms with van der Waals surface area (Å²) in [5.74, 6) is 1.82. The second-order valence-electron chi connectivity index (χ2n) is 9.61. The number of fused-ring (bicyclic) bond motifs is 1. The molecule has 1 atom stereocenters. The maximum atomic E-state index is 12.8. The Balaban J connectivity index is 1.40. The Bertz CT molecular complexity index is 921. The largest absolute Gasteiger partial charge is 0.494 e. The highest BCUT2D eigenvalue weighted by Crippen LogP contribution is 2.38.